The van der Waals surface area contributed by atoms with Crippen LogP contribution in [0.25, 0.3) is 22.2 Å². The van der Waals surface area contributed by atoms with E-state index in [1.807, 2.05) is 36.4 Å². The van der Waals surface area contributed by atoms with Gasteiger partial charge in [0.2, 0.25) is 0 Å². The lowest BCUT2D eigenvalue weighted by atomic mass is 10.0. The van der Waals surface area contributed by atoms with Gasteiger partial charge in [-0.1, -0.05) is 22.9 Å². The maximum absolute atomic E-state index is 13.1. The summed E-state index contributed by atoms with van der Waals surface area (Å²) in [6.07, 6.45) is 4.45. The van der Waals surface area contributed by atoms with Crippen molar-refractivity contribution >= 4 is 32.7 Å². The molecule has 3 aromatic rings. The van der Waals surface area contributed by atoms with E-state index in [4.69, 9.17) is 4.98 Å². The molecule has 7 heteroatoms. The van der Waals surface area contributed by atoms with Crippen molar-refractivity contribution in [1.29, 1.82) is 0 Å². The Labute approximate surface area is 191 Å². The quantitative estimate of drug-likeness (QED) is 0.519. The number of hydrogen-bond acceptors (Lipinski definition) is 5. The third-order valence-electron chi connectivity index (χ3n) is 5.82. The first-order valence-electron chi connectivity index (χ1n) is 10.9. The highest BCUT2D eigenvalue weighted by atomic mass is 79.9. The molecule has 0 unspecified atom stereocenters. The minimum absolute atomic E-state index is 0.0635. The van der Waals surface area contributed by atoms with Crippen LogP contribution in [0.4, 0.5) is 0 Å². The van der Waals surface area contributed by atoms with E-state index in [0.717, 1.165) is 72.3 Å². The second-order valence-electron chi connectivity index (χ2n) is 7.84. The molecule has 162 valence electrons. The van der Waals surface area contributed by atoms with Crippen LogP contribution in [0.3, 0.4) is 0 Å². The summed E-state index contributed by atoms with van der Waals surface area (Å²) in [5.74, 6) is -0.0635. The summed E-state index contributed by atoms with van der Waals surface area (Å²) < 4.78 is 0.927. The highest BCUT2D eigenvalue weighted by Gasteiger charge is 2.16. The molecule has 0 aliphatic carbocycles. The second-order valence-corrected chi connectivity index (χ2v) is 8.76. The predicted octanol–water partition coefficient (Wildman–Crippen LogP) is 3.82. The number of nitrogens with one attached hydrogen (secondary N) is 1. The van der Waals surface area contributed by atoms with Crippen LogP contribution >= 0.6 is 15.9 Å². The molecule has 1 amide bonds. The summed E-state index contributed by atoms with van der Waals surface area (Å²) in [7, 11) is 0. The van der Waals surface area contributed by atoms with Gasteiger partial charge >= 0.3 is 0 Å². The number of pyridine rings is 2. The van der Waals surface area contributed by atoms with Gasteiger partial charge in [0.05, 0.1) is 16.8 Å². The summed E-state index contributed by atoms with van der Waals surface area (Å²) in [6, 6.07) is 11.5. The number of aromatic nitrogens is 2. The van der Waals surface area contributed by atoms with Crippen LogP contribution in [0.15, 0.2) is 53.3 Å². The molecule has 0 bridgehead atoms. The number of likely N-dealkylation sites (N-methyl/N-ethyl adjacent to an activating group) is 1. The van der Waals surface area contributed by atoms with Crippen molar-refractivity contribution in [2.45, 2.75) is 13.3 Å². The van der Waals surface area contributed by atoms with Gasteiger partial charge in [0.1, 0.15) is 0 Å². The average Bonchev–Trinajstić information content (AvgIpc) is 2.82. The lowest BCUT2D eigenvalue weighted by Crippen LogP contribution is -2.46. The van der Waals surface area contributed by atoms with Crippen LogP contribution in [-0.4, -0.2) is 71.5 Å². The minimum atomic E-state index is -0.0635. The van der Waals surface area contributed by atoms with E-state index in [9.17, 15) is 4.79 Å². The number of fused-ring (bicyclic) bond motifs is 1. The zero-order valence-electron chi connectivity index (χ0n) is 17.9. The zero-order chi connectivity index (χ0) is 21.6. The number of rotatable bonds is 7. The lowest BCUT2D eigenvalue weighted by molar-refractivity contribution is 0.0950. The first kappa shape index (κ1) is 21.9. The fourth-order valence-corrected chi connectivity index (χ4v) is 4.34. The monoisotopic (exact) mass is 481 g/mol. The Morgan fingerprint density at radius 3 is 2.68 bits per heavy atom. The number of benzene rings is 1. The minimum Gasteiger partial charge on any atom is -0.352 e. The standard InChI is InChI=1S/C24H28BrN5O/c1-2-29-11-13-30(14-12-29)10-4-9-27-24(31)21-16-23(18-5-3-8-26-17-18)28-22-7-6-19(25)15-20(21)22/h3,5-8,15-17H,2,4,9-14H2,1H3,(H,27,31). The van der Waals surface area contributed by atoms with Gasteiger partial charge in [-0.2, -0.15) is 0 Å². The summed E-state index contributed by atoms with van der Waals surface area (Å²) in [4.78, 5) is 27.0. The number of carbonyl (C=O) groups is 1. The highest BCUT2D eigenvalue weighted by molar-refractivity contribution is 9.10. The molecule has 31 heavy (non-hydrogen) atoms. The summed E-state index contributed by atoms with van der Waals surface area (Å²) in [5, 5.41) is 3.96. The van der Waals surface area contributed by atoms with Crippen molar-refractivity contribution in [2.24, 2.45) is 0 Å². The third kappa shape index (κ3) is 5.47. The Kier molecular flexibility index (Phi) is 7.27. The zero-order valence-corrected chi connectivity index (χ0v) is 19.4. The van der Waals surface area contributed by atoms with Crippen molar-refractivity contribution in [2.75, 3.05) is 45.8 Å². The van der Waals surface area contributed by atoms with Crippen molar-refractivity contribution in [1.82, 2.24) is 25.1 Å². The molecule has 1 aliphatic rings. The van der Waals surface area contributed by atoms with Crippen molar-refractivity contribution in [3.8, 4) is 11.3 Å². The van der Waals surface area contributed by atoms with E-state index >= 15 is 0 Å². The molecule has 0 spiro atoms. The van der Waals surface area contributed by atoms with Gasteiger partial charge in [-0.3, -0.25) is 9.78 Å². The maximum atomic E-state index is 13.1. The van der Waals surface area contributed by atoms with Crippen LogP contribution in [0.2, 0.25) is 0 Å². The molecule has 0 radical (unpaired) electrons. The Morgan fingerprint density at radius 2 is 1.94 bits per heavy atom. The molecular weight excluding hydrogens is 454 g/mol. The Bertz CT molecular complexity index is 1030. The number of nitrogens with zero attached hydrogens (tertiary/aromatic N) is 4. The molecule has 2 aromatic heterocycles. The molecule has 0 atom stereocenters. The molecule has 0 saturated carbocycles. The van der Waals surface area contributed by atoms with Gasteiger partial charge in [0, 0.05) is 60.5 Å². The molecule has 1 saturated heterocycles. The van der Waals surface area contributed by atoms with Crippen LogP contribution < -0.4 is 5.32 Å². The molecule has 3 heterocycles. The summed E-state index contributed by atoms with van der Waals surface area (Å²) >= 11 is 3.52. The largest absolute Gasteiger partial charge is 0.352 e. The first-order valence-corrected chi connectivity index (χ1v) is 11.7. The first-order chi connectivity index (χ1) is 15.1. The fraction of sp³-hybridized carbons (Fsp3) is 0.375. The Hall–Kier alpha value is -2.35. The van der Waals surface area contributed by atoms with E-state index < -0.39 is 0 Å². The predicted molar refractivity (Wildman–Crippen MR) is 128 cm³/mol. The van der Waals surface area contributed by atoms with Crippen molar-refractivity contribution < 1.29 is 4.79 Å². The number of hydrogen-bond donors (Lipinski definition) is 1. The molecule has 1 fully saturated rings. The molecule has 1 N–H and O–H groups in total. The summed E-state index contributed by atoms with van der Waals surface area (Å²) in [6.45, 7) is 9.51. The second kappa shape index (κ2) is 10.3. The van der Waals surface area contributed by atoms with Crippen molar-refractivity contribution in [3.63, 3.8) is 0 Å². The maximum Gasteiger partial charge on any atom is 0.252 e. The Balaban J connectivity index is 1.45. The third-order valence-corrected chi connectivity index (χ3v) is 6.31. The topological polar surface area (TPSA) is 61.4 Å². The van der Waals surface area contributed by atoms with Gasteiger partial charge in [-0.05, 0) is 55.9 Å². The molecule has 1 aromatic carbocycles. The van der Waals surface area contributed by atoms with E-state index in [1.165, 1.54) is 0 Å². The Morgan fingerprint density at radius 1 is 1.13 bits per heavy atom. The average molecular weight is 482 g/mol. The van der Waals surface area contributed by atoms with Gasteiger partial charge in [0.25, 0.3) is 5.91 Å². The molecular formula is C24H28BrN5O. The number of carbonyl (C=O) groups excluding carboxylic acids is 1. The lowest BCUT2D eigenvalue weighted by Gasteiger charge is -2.33. The van der Waals surface area contributed by atoms with Crippen LogP contribution in [0, 0.1) is 0 Å². The van der Waals surface area contributed by atoms with E-state index in [0.29, 0.717) is 12.1 Å². The molecule has 4 rings (SSSR count). The highest BCUT2D eigenvalue weighted by Crippen LogP contribution is 2.27. The van der Waals surface area contributed by atoms with Crippen LogP contribution in [0.5, 0.6) is 0 Å². The number of amides is 1. The van der Waals surface area contributed by atoms with Crippen LogP contribution in [-0.2, 0) is 0 Å². The van der Waals surface area contributed by atoms with Gasteiger partial charge in [-0.25, -0.2) is 4.98 Å². The molecule has 6 nitrogen and oxygen atoms in total. The number of piperazine rings is 1. The SMILES string of the molecule is CCN1CCN(CCCNC(=O)c2cc(-c3cccnc3)nc3ccc(Br)cc23)CC1. The fourth-order valence-electron chi connectivity index (χ4n) is 3.98. The number of halogens is 1. The summed E-state index contributed by atoms with van der Waals surface area (Å²) in [5.41, 5.74) is 3.08. The smallest absolute Gasteiger partial charge is 0.252 e. The van der Waals surface area contributed by atoms with Crippen molar-refractivity contribution in [3.05, 3.63) is 58.8 Å². The van der Waals surface area contributed by atoms with Gasteiger partial charge < -0.3 is 15.1 Å². The van der Waals surface area contributed by atoms with E-state index in [2.05, 4.69) is 43.0 Å². The van der Waals surface area contributed by atoms with Gasteiger partial charge in [0.15, 0.2) is 0 Å². The van der Waals surface area contributed by atoms with Gasteiger partial charge in [-0.15, -0.1) is 0 Å². The van der Waals surface area contributed by atoms with Crippen LogP contribution in [0.1, 0.15) is 23.7 Å². The molecule has 1 aliphatic heterocycles. The van der Waals surface area contributed by atoms with E-state index in [1.54, 1.807) is 12.4 Å². The van der Waals surface area contributed by atoms with E-state index in [-0.39, 0.29) is 5.91 Å². The normalized spacial score (nSPS) is 15.3.